The molecule has 3 nitrogen and oxygen atoms in total. The minimum absolute atomic E-state index is 0.199. The number of nitrogens with zero attached hydrogens (tertiary/aromatic N) is 1. The minimum atomic E-state index is -1.29. The number of alkyl halides is 3. The molecule has 1 aliphatic heterocycles. The molecule has 0 saturated carbocycles. The SMILES string of the molecule is NC1=NC(=O)C(C(Cl)(Cl)Br)S1. The summed E-state index contributed by atoms with van der Waals surface area (Å²) >= 11 is 15.2. The molecule has 0 aliphatic carbocycles. The van der Waals surface area contributed by atoms with Crippen molar-refractivity contribution in [2.75, 3.05) is 0 Å². The van der Waals surface area contributed by atoms with Gasteiger partial charge < -0.3 is 5.73 Å². The Balaban J connectivity index is 2.75. The van der Waals surface area contributed by atoms with Gasteiger partial charge in [-0.25, -0.2) is 0 Å². The number of carbonyl (C=O) groups is 1. The van der Waals surface area contributed by atoms with Gasteiger partial charge in [-0.3, -0.25) is 4.79 Å². The van der Waals surface area contributed by atoms with E-state index in [0.29, 0.717) is 0 Å². The molecule has 2 N–H and O–H groups in total. The molecule has 1 rings (SSSR count). The van der Waals surface area contributed by atoms with Crippen LogP contribution in [-0.2, 0) is 4.79 Å². The van der Waals surface area contributed by atoms with Gasteiger partial charge in [0.25, 0.3) is 5.91 Å². The molecule has 0 aromatic carbocycles. The van der Waals surface area contributed by atoms with Crippen LogP contribution in [0.2, 0.25) is 0 Å². The van der Waals surface area contributed by atoms with Gasteiger partial charge >= 0.3 is 0 Å². The summed E-state index contributed by atoms with van der Waals surface area (Å²) in [7, 11) is 0. The first-order valence-corrected chi connectivity index (χ1v) is 4.95. The second-order valence-corrected chi connectivity index (χ2v) is 6.50. The standard InChI is InChI=1S/C4H3BrCl2N2OS/c5-4(6,7)1-2(10)9-3(8)11-1/h1H,(H2,8,9,10). The van der Waals surface area contributed by atoms with Crippen molar-refractivity contribution in [3.05, 3.63) is 0 Å². The Morgan fingerprint density at radius 2 is 2.27 bits per heavy atom. The number of hydrogen-bond donors (Lipinski definition) is 1. The second-order valence-electron chi connectivity index (χ2n) is 1.83. The van der Waals surface area contributed by atoms with Gasteiger partial charge in [0.05, 0.1) is 0 Å². The first-order chi connectivity index (χ1) is 4.91. The lowest BCUT2D eigenvalue weighted by Crippen LogP contribution is -2.26. The molecule has 0 fully saturated rings. The van der Waals surface area contributed by atoms with Crippen LogP contribution in [0.25, 0.3) is 0 Å². The maximum Gasteiger partial charge on any atom is 0.265 e. The Morgan fingerprint density at radius 1 is 1.73 bits per heavy atom. The van der Waals surface area contributed by atoms with Crippen LogP contribution in [0.15, 0.2) is 4.99 Å². The number of aliphatic imine (C=N–C) groups is 1. The lowest BCUT2D eigenvalue weighted by molar-refractivity contribution is -0.116. The summed E-state index contributed by atoms with van der Waals surface area (Å²) in [5, 5.41) is -0.448. The summed E-state index contributed by atoms with van der Waals surface area (Å²) in [6.45, 7) is 0. The molecule has 0 radical (unpaired) electrons. The Hall–Kier alpha value is 0.550. The third-order valence-corrected chi connectivity index (χ3v) is 3.56. The van der Waals surface area contributed by atoms with Crippen molar-refractivity contribution in [3.8, 4) is 0 Å². The Morgan fingerprint density at radius 3 is 2.45 bits per heavy atom. The number of amidine groups is 1. The average molecular weight is 278 g/mol. The zero-order valence-corrected chi connectivity index (χ0v) is 8.97. The molecule has 0 aromatic heterocycles. The summed E-state index contributed by atoms with van der Waals surface area (Å²) < 4.78 is -1.29. The van der Waals surface area contributed by atoms with E-state index in [4.69, 9.17) is 28.9 Å². The van der Waals surface area contributed by atoms with Crippen LogP contribution in [0.3, 0.4) is 0 Å². The van der Waals surface area contributed by atoms with Crippen LogP contribution in [0.5, 0.6) is 0 Å². The van der Waals surface area contributed by atoms with Gasteiger partial charge in [0.2, 0.25) is 0 Å². The fraction of sp³-hybridized carbons (Fsp3) is 0.500. The van der Waals surface area contributed by atoms with Crippen LogP contribution in [0, 0.1) is 0 Å². The van der Waals surface area contributed by atoms with Crippen LogP contribution in [-0.4, -0.2) is 19.6 Å². The molecule has 7 heteroatoms. The number of rotatable bonds is 1. The molecule has 1 heterocycles. The van der Waals surface area contributed by atoms with Gasteiger partial charge in [-0.05, 0) is 15.9 Å². The fourth-order valence-corrected chi connectivity index (χ4v) is 2.17. The van der Waals surface area contributed by atoms with Gasteiger partial charge in [-0.1, -0.05) is 35.0 Å². The molecule has 0 saturated heterocycles. The van der Waals surface area contributed by atoms with E-state index in [1.54, 1.807) is 0 Å². The Labute approximate surface area is 85.8 Å². The van der Waals surface area contributed by atoms with E-state index >= 15 is 0 Å². The van der Waals surface area contributed by atoms with E-state index in [2.05, 4.69) is 20.9 Å². The lowest BCUT2D eigenvalue weighted by Gasteiger charge is -2.15. The number of thioether (sulfide) groups is 1. The van der Waals surface area contributed by atoms with Crippen LogP contribution >= 0.6 is 50.9 Å². The van der Waals surface area contributed by atoms with Crippen molar-refractivity contribution in [2.45, 2.75) is 8.49 Å². The lowest BCUT2D eigenvalue weighted by atomic mass is 10.4. The molecule has 0 bridgehead atoms. The molecular weight excluding hydrogens is 275 g/mol. The quantitative estimate of drug-likeness (QED) is 0.739. The normalized spacial score (nSPS) is 25.5. The molecule has 62 valence electrons. The smallest absolute Gasteiger partial charge is 0.265 e. The first kappa shape index (κ1) is 9.64. The van der Waals surface area contributed by atoms with Crippen LogP contribution in [0.4, 0.5) is 0 Å². The van der Waals surface area contributed by atoms with Gasteiger partial charge in [0, 0.05) is 0 Å². The van der Waals surface area contributed by atoms with Crippen molar-refractivity contribution in [1.82, 2.24) is 0 Å². The van der Waals surface area contributed by atoms with E-state index in [1.165, 1.54) is 0 Å². The maximum atomic E-state index is 10.9. The van der Waals surface area contributed by atoms with Crippen molar-refractivity contribution < 1.29 is 4.79 Å². The predicted molar refractivity (Wildman–Crippen MR) is 51.4 cm³/mol. The minimum Gasteiger partial charge on any atom is -0.378 e. The average Bonchev–Trinajstić information content (AvgIpc) is 2.08. The highest BCUT2D eigenvalue weighted by Crippen LogP contribution is 2.42. The highest BCUT2D eigenvalue weighted by molar-refractivity contribution is 9.11. The van der Waals surface area contributed by atoms with Crippen LogP contribution in [0.1, 0.15) is 0 Å². The monoisotopic (exact) mass is 276 g/mol. The Bertz CT molecular complexity index is 227. The number of amides is 1. The second kappa shape index (κ2) is 3.12. The predicted octanol–water partition coefficient (Wildman–Crippen LogP) is 1.47. The van der Waals surface area contributed by atoms with Crippen molar-refractivity contribution >= 4 is 62.0 Å². The maximum absolute atomic E-state index is 10.9. The molecule has 0 aromatic rings. The number of halogens is 3. The van der Waals surface area contributed by atoms with E-state index in [9.17, 15) is 4.79 Å². The summed E-state index contributed by atoms with van der Waals surface area (Å²) in [5.41, 5.74) is 5.27. The van der Waals surface area contributed by atoms with E-state index in [0.717, 1.165) is 11.8 Å². The molecule has 11 heavy (non-hydrogen) atoms. The summed E-state index contributed by atoms with van der Waals surface area (Å²) in [5.74, 6) is -0.408. The summed E-state index contributed by atoms with van der Waals surface area (Å²) in [6, 6.07) is 0. The van der Waals surface area contributed by atoms with Gasteiger partial charge in [-0.15, -0.1) is 0 Å². The number of nitrogens with two attached hydrogens (primary N) is 1. The molecular formula is C4H3BrCl2N2OS. The molecule has 0 spiro atoms. The number of hydrogen-bond acceptors (Lipinski definition) is 3. The van der Waals surface area contributed by atoms with Gasteiger partial charge in [0.1, 0.15) is 5.25 Å². The van der Waals surface area contributed by atoms with Crippen molar-refractivity contribution in [3.63, 3.8) is 0 Å². The zero-order chi connectivity index (χ0) is 8.65. The topological polar surface area (TPSA) is 55.4 Å². The summed E-state index contributed by atoms with van der Waals surface area (Å²) in [4.78, 5) is 14.4. The van der Waals surface area contributed by atoms with Gasteiger partial charge in [0.15, 0.2) is 8.41 Å². The van der Waals surface area contributed by atoms with Crippen molar-refractivity contribution in [2.24, 2.45) is 10.7 Å². The third-order valence-electron chi connectivity index (χ3n) is 0.981. The molecule has 1 atom stereocenters. The summed E-state index contributed by atoms with van der Waals surface area (Å²) in [6.07, 6.45) is 0. The zero-order valence-electron chi connectivity index (χ0n) is 5.05. The van der Waals surface area contributed by atoms with E-state index in [1.807, 2.05) is 0 Å². The Kier molecular flexibility index (Phi) is 2.74. The van der Waals surface area contributed by atoms with E-state index in [-0.39, 0.29) is 5.17 Å². The number of carbonyl (C=O) groups excluding carboxylic acids is 1. The third kappa shape index (κ3) is 2.24. The largest absolute Gasteiger partial charge is 0.378 e. The molecule has 1 aliphatic rings. The highest BCUT2D eigenvalue weighted by atomic mass is 79.9. The van der Waals surface area contributed by atoms with Crippen LogP contribution < -0.4 is 5.73 Å². The van der Waals surface area contributed by atoms with E-state index < -0.39 is 14.4 Å². The van der Waals surface area contributed by atoms with Crippen molar-refractivity contribution in [1.29, 1.82) is 0 Å². The highest BCUT2D eigenvalue weighted by Gasteiger charge is 2.42. The molecule has 1 amide bonds. The first-order valence-electron chi connectivity index (χ1n) is 2.52. The molecule has 1 unspecified atom stereocenters. The fourth-order valence-electron chi connectivity index (χ4n) is 0.572. The van der Waals surface area contributed by atoms with Gasteiger partial charge in [-0.2, -0.15) is 4.99 Å².